The quantitative estimate of drug-likeness (QED) is 0.236. The highest BCUT2D eigenvalue weighted by molar-refractivity contribution is 9.10. The van der Waals surface area contributed by atoms with Gasteiger partial charge in [0, 0.05) is 34.8 Å². The largest absolute Gasteiger partial charge is 0.488 e. The zero-order valence-corrected chi connectivity index (χ0v) is 21.9. The van der Waals surface area contributed by atoms with Crippen LogP contribution in [0.2, 0.25) is 5.02 Å². The van der Waals surface area contributed by atoms with Crippen molar-refractivity contribution in [1.82, 2.24) is 0 Å². The Hall–Kier alpha value is -2.32. The summed E-state index contributed by atoms with van der Waals surface area (Å²) in [6, 6.07) is 21.0. The second kappa shape index (κ2) is 10.3. The molecule has 0 saturated carbocycles. The SMILES string of the molecule is CN(C)c1ccc(N2C(=O)/C(=C\c3cc(Br)ccc3OCc3ccc(Cl)cc3)SC2=S)cc1. The smallest absolute Gasteiger partial charge is 0.270 e. The molecule has 0 bridgehead atoms. The predicted octanol–water partition coefficient (Wildman–Crippen LogP) is 7.15. The van der Waals surface area contributed by atoms with Crippen LogP contribution in [0, 0.1) is 0 Å². The fourth-order valence-electron chi connectivity index (χ4n) is 3.24. The van der Waals surface area contributed by atoms with Gasteiger partial charge in [-0.3, -0.25) is 9.69 Å². The van der Waals surface area contributed by atoms with Crippen molar-refractivity contribution in [1.29, 1.82) is 0 Å². The molecule has 1 fully saturated rings. The second-order valence-corrected chi connectivity index (χ2v) is 10.6. The minimum absolute atomic E-state index is 0.147. The first-order valence-corrected chi connectivity index (χ1v) is 12.4. The summed E-state index contributed by atoms with van der Waals surface area (Å²) in [5.74, 6) is 0.528. The van der Waals surface area contributed by atoms with E-state index in [4.69, 9.17) is 28.6 Å². The third kappa shape index (κ3) is 5.61. The van der Waals surface area contributed by atoms with E-state index in [0.29, 0.717) is 26.6 Å². The molecule has 0 N–H and O–H groups in total. The number of carbonyl (C=O) groups excluding carboxylic acids is 1. The molecule has 1 amide bonds. The molecule has 4 nitrogen and oxygen atoms in total. The van der Waals surface area contributed by atoms with Gasteiger partial charge in [-0.15, -0.1) is 0 Å². The van der Waals surface area contributed by atoms with Crippen LogP contribution in [-0.2, 0) is 11.4 Å². The zero-order valence-electron chi connectivity index (χ0n) is 17.9. The number of benzene rings is 3. The Balaban J connectivity index is 1.58. The van der Waals surface area contributed by atoms with E-state index in [1.165, 1.54) is 11.8 Å². The number of anilines is 2. The summed E-state index contributed by atoms with van der Waals surface area (Å²) in [4.78, 5) is 17.3. The number of thioether (sulfide) groups is 1. The molecule has 0 radical (unpaired) electrons. The number of nitrogens with zero attached hydrogens (tertiary/aromatic N) is 2. The van der Waals surface area contributed by atoms with E-state index >= 15 is 0 Å². The summed E-state index contributed by atoms with van der Waals surface area (Å²) in [6.07, 6.45) is 1.83. The van der Waals surface area contributed by atoms with Gasteiger partial charge >= 0.3 is 0 Å². The van der Waals surface area contributed by atoms with Crippen LogP contribution in [0.5, 0.6) is 5.75 Å². The summed E-state index contributed by atoms with van der Waals surface area (Å²) in [5.41, 5.74) is 3.60. The fraction of sp³-hybridized carbons (Fsp3) is 0.120. The van der Waals surface area contributed by atoms with Crippen LogP contribution < -0.4 is 14.5 Å². The zero-order chi connectivity index (χ0) is 23.5. The normalized spacial score (nSPS) is 14.8. The Morgan fingerprint density at radius 1 is 1.09 bits per heavy atom. The fourth-order valence-corrected chi connectivity index (χ4v) is 5.03. The number of thiocarbonyl (C=S) groups is 1. The van der Waals surface area contributed by atoms with Crippen molar-refractivity contribution in [2.75, 3.05) is 23.9 Å². The molecule has 1 aliphatic rings. The van der Waals surface area contributed by atoms with Gasteiger partial charge < -0.3 is 9.64 Å². The van der Waals surface area contributed by atoms with Crippen molar-refractivity contribution in [3.63, 3.8) is 0 Å². The van der Waals surface area contributed by atoms with Crippen molar-refractivity contribution in [3.05, 3.63) is 92.3 Å². The van der Waals surface area contributed by atoms with Crippen molar-refractivity contribution in [3.8, 4) is 5.75 Å². The minimum Gasteiger partial charge on any atom is -0.488 e. The highest BCUT2D eigenvalue weighted by Crippen LogP contribution is 2.38. The van der Waals surface area contributed by atoms with Crippen LogP contribution in [0.25, 0.3) is 6.08 Å². The van der Waals surface area contributed by atoms with Gasteiger partial charge in [0.2, 0.25) is 0 Å². The first-order valence-electron chi connectivity index (χ1n) is 10.0. The maximum absolute atomic E-state index is 13.2. The van der Waals surface area contributed by atoms with Crippen molar-refractivity contribution in [2.24, 2.45) is 0 Å². The number of halogens is 2. The predicted molar refractivity (Wildman–Crippen MR) is 146 cm³/mol. The summed E-state index contributed by atoms with van der Waals surface area (Å²) in [6.45, 7) is 0.388. The highest BCUT2D eigenvalue weighted by Gasteiger charge is 2.33. The third-order valence-corrected chi connectivity index (χ3v) is 7.03. The molecule has 0 spiro atoms. The van der Waals surface area contributed by atoms with Crippen molar-refractivity contribution in [2.45, 2.75) is 6.61 Å². The lowest BCUT2D eigenvalue weighted by Crippen LogP contribution is -2.27. The Morgan fingerprint density at radius 3 is 2.45 bits per heavy atom. The molecule has 168 valence electrons. The molecular weight excluding hydrogens is 540 g/mol. The molecule has 0 atom stereocenters. The maximum Gasteiger partial charge on any atom is 0.270 e. The lowest BCUT2D eigenvalue weighted by atomic mass is 10.1. The minimum atomic E-state index is -0.147. The van der Waals surface area contributed by atoms with Crippen molar-refractivity contribution >= 4 is 79.2 Å². The van der Waals surface area contributed by atoms with E-state index in [9.17, 15) is 4.79 Å². The molecule has 33 heavy (non-hydrogen) atoms. The van der Waals surface area contributed by atoms with Crippen LogP contribution in [0.3, 0.4) is 0 Å². The number of amides is 1. The Labute approximate surface area is 216 Å². The molecule has 0 unspecified atom stereocenters. The van der Waals surface area contributed by atoms with Gasteiger partial charge in [-0.25, -0.2) is 0 Å². The van der Waals surface area contributed by atoms with Gasteiger partial charge in [-0.05, 0) is 66.2 Å². The molecule has 1 heterocycles. The lowest BCUT2D eigenvalue weighted by Gasteiger charge is -2.17. The first-order chi connectivity index (χ1) is 15.8. The average molecular weight is 560 g/mol. The molecule has 0 aliphatic carbocycles. The van der Waals surface area contributed by atoms with Gasteiger partial charge in [-0.2, -0.15) is 0 Å². The summed E-state index contributed by atoms with van der Waals surface area (Å²) < 4.78 is 7.45. The number of hydrogen-bond acceptors (Lipinski definition) is 5. The molecule has 8 heteroatoms. The second-order valence-electron chi connectivity index (χ2n) is 7.53. The Kier molecular flexibility index (Phi) is 7.44. The first kappa shape index (κ1) is 23.8. The Morgan fingerprint density at radius 2 is 1.79 bits per heavy atom. The molecule has 3 aromatic rings. The van der Waals surface area contributed by atoms with E-state index in [1.807, 2.05) is 91.8 Å². The van der Waals surface area contributed by atoms with E-state index in [0.717, 1.165) is 27.0 Å². The number of hydrogen-bond donors (Lipinski definition) is 0. The molecule has 0 aromatic heterocycles. The number of carbonyl (C=O) groups is 1. The van der Waals surface area contributed by atoms with E-state index in [2.05, 4.69) is 15.9 Å². The monoisotopic (exact) mass is 558 g/mol. The summed E-state index contributed by atoms with van der Waals surface area (Å²) in [7, 11) is 3.95. The van der Waals surface area contributed by atoms with Crippen LogP contribution in [0.1, 0.15) is 11.1 Å². The van der Waals surface area contributed by atoms with Gasteiger partial charge in [-0.1, -0.05) is 63.6 Å². The van der Waals surface area contributed by atoms with Gasteiger partial charge in [0.1, 0.15) is 12.4 Å². The van der Waals surface area contributed by atoms with Crippen LogP contribution in [-0.4, -0.2) is 24.3 Å². The van der Waals surface area contributed by atoms with Crippen LogP contribution >= 0.6 is 51.5 Å². The molecule has 3 aromatic carbocycles. The van der Waals surface area contributed by atoms with Crippen LogP contribution in [0.15, 0.2) is 76.1 Å². The Bertz CT molecular complexity index is 1230. The van der Waals surface area contributed by atoms with E-state index in [1.54, 1.807) is 4.90 Å². The molecule has 1 saturated heterocycles. The summed E-state index contributed by atoms with van der Waals surface area (Å²) in [5, 5.41) is 0.682. The topological polar surface area (TPSA) is 32.8 Å². The van der Waals surface area contributed by atoms with E-state index in [-0.39, 0.29) is 5.91 Å². The third-order valence-electron chi connectivity index (χ3n) is 4.98. The van der Waals surface area contributed by atoms with Crippen molar-refractivity contribution < 1.29 is 9.53 Å². The molecular formula is C25H20BrClN2O2S2. The van der Waals surface area contributed by atoms with E-state index < -0.39 is 0 Å². The van der Waals surface area contributed by atoms with Gasteiger partial charge in [0.25, 0.3) is 5.91 Å². The number of rotatable bonds is 6. The number of ether oxygens (including phenoxy) is 1. The van der Waals surface area contributed by atoms with Crippen LogP contribution in [0.4, 0.5) is 11.4 Å². The maximum atomic E-state index is 13.2. The van der Waals surface area contributed by atoms with Gasteiger partial charge in [0.15, 0.2) is 4.32 Å². The standard InChI is InChI=1S/C25H20BrClN2O2S2/c1-28(2)20-8-10-21(11-9-20)29-24(30)23(33-25(29)32)14-17-13-18(26)5-12-22(17)31-15-16-3-6-19(27)7-4-16/h3-14H,15H2,1-2H3/b23-14+. The average Bonchev–Trinajstić information content (AvgIpc) is 3.07. The van der Waals surface area contributed by atoms with Gasteiger partial charge in [0.05, 0.1) is 10.6 Å². The lowest BCUT2D eigenvalue weighted by molar-refractivity contribution is -0.113. The highest BCUT2D eigenvalue weighted by atomic mass is 79.9. The summed E-state index contributed by atoms with van der Waals surface area (Å²) >= 11 is 16.3. The molecule has 1 aliphatic heterocycles. The molecule has 4 rings (SSSR count).